The van der Waals surface area contributed by atoms with Gasteiger partial charge in [-0.05, 0) is 48.4 Å². The van der Waals surface area contributed by atoms with Gasteiger partial charge in [-0.3, -0.25) is 4.90 Å². The first-order chi connectivity index (χ1) is 20.1. The summed E-state index contributed by atoms with van der Waals surface area (Å²) in [6.45, 7) is 6.26. The third-order valence-corrected chi connectivity index (χ3v) is 8.06. The summed E-state index contributed by atoms with van der Waals surface area (Å²) in [6, 6.07) is 17.0. The molecule has 41 heavy (non-hydrogen) atoms. The molecule has 0 aliphatic carbocycles. The molecule has 0 spiro atoms. The topological polar surface area (TPSA) is 116 Å². The number of aromatic carboxylic acids is 1. The second-order valence-electron chi connectivity index (χ2n) is 10.7. The highest BCUT2D eigenvalue weighted by atomic mass is 16.5. The molecule has 11 heteroatoms. The number of piperazine rings is 1. The van der Waals surface area contributed by atoms with Gasteiger partial charge in [-0.2, -0.15) is 4.98 Å². The quantitative estimate of drug-likeness (QED) is 0.315. The van der Waals surface area contributed by atoms with Crippen molar-refractivity contribution in [2.24, 2.45) is 0 Å². The minimum absolute atomic E-state index is 0.0517. The van der Waals surface area contributed by atoms with Gasteiger partial charge in [0.05, 0.1) is 23.0 Å². The van der Waals surface area contributed by atoms with Crippen LogP contribution in [-0.4, -0.2) is 84.1 Å². The number of carboxylic acid groups (broad SMARTS) is 1. The van der Waals surface area contributed by atoms with E-state index in [1.165, 1.54) is 6.39 Å². The fraction of sp³-hybridized carbons (Fsp3) is 0.367. The Bertz CT molecular complexity index is 1550. The highest BCUT2D eigenvalue weighted by molar-refractivity contribution is 5.92. The van der Waals surface area contributed by atoms with Gasteiger partial charge in [0.25, 0.3) is 0 Å². The first-order valence-corrected chi connectivity index (χ1v) is 14.0. The minimum atomic E-state index is -0.914. The normalized spacial score (nSPS) is 20.5. The lowest BCUT2D eigenvalue weighted by atomic mass is 10.1. The molecule has 2 aromatic carbocycles. The summed E-state index contributed by atoms with van der Waals surface area (Å²) in [5.41, 5.74) is 4.77. The lowest BCUT2D eigenvalue weighted by molar-refractivity contribution is -0.0452. The lowest BCUT2D eigenvalue weighted by Gasteiger charge is -2.40. The number of fused-ring (bicyclic) bond motifs is 2. The standard InChI is InChI=1S/C30H32N6O5/c37-30(38)21-5-7-23-25(15-21)36(16-22-8-13-39-22)28(32-23)17-34-9-11-35(12-10-34)27-2-1-3-29(33-27)40-18-20-4-6-24-26(14-20)41-19-31-24/h1-7,14-15,19,22,28,32H,8-13,16-18H2,(H,37,38). The Kier molecular flexibility index (Phi) is 6.81. The lowest BCUT2D eigenvalue weighted by Crippen LogP contribution is -2.54. The number of pyridine rings is 1. The highest BCUT2D eigenvalue weighted by Crippen LogP contribution is 2.37. The average molecular weight is 557 g/mol. The Hall–Kier alpha value is -4.35. The maximum absolute atomic E-state index is 11.6. The largest absolute Gasteiger partial charge is 0.478 e. The number of anilines is 3. The fourth-order valence-electron chi connectivity index (χ4n) is 5.68. The molecule has 0 bridgehead atoms. The predicted molar refractivity (Wildman–Crippen MR) is 154 cm³/mol. The van der Waals surface area contributed by atoms with Gasteiger partial charge in [-0.25, -0.2) is 9.78 Å². The fourth-order valence-corrected chi connectivity index (χ4v) is 5.68. The second kappa shape index (κ2) is 10.9. The SMILES string of the molecule is O=C(O)c1ccc2c(c1)N(CC1CCO1)C(CN1CCN(c3cccc(OCc4ccc5ncoc5c4)n3)CC1)N2. The van der Waals surface area contributed by atoms with Crippen LogP contribution in [0, 0.1) is 0 Å². The number of hydrogen-bond donors (Lipinski definition) is 2. The number of oxazole rings is 1. The smallest absolute Gasteiger partial charge is 0.335 e. The van der Waals surface area contributed by atoms with Crippen molar-refractivity contribution in [2.75, 3.05) is 61.0 Å². The van der Waals surface area contributed by atoms with Crippen molar-refractivity contribution in [3.63, 3.8) is 0 Å². The summed E-state index contributed by atoms with van der Waals surface area (Å²) in [7, 11) is 0. The monoisotopic (exact) mass is 556 g/mol. The van der Waals surface area contributed by atoms with Crippen LogP contribution in [-0.2, 0) is 11.3 Å². The van der Waals surface area contributed by atoms with Crippen molar-refractivity contribution in [1.82, 2.24) is 14.9 Å². The molecular weight excluding hydrogens is 524 g/mol. The van der Waals surface area contributed by atoms with Gasteiger partial charge in [0.1, 0.15) is 24.1 Å². The molecule has 2 fully saturated rings. The van der Waals surface area contributed by atoms with Crippen LogP contribution in [0.25, 0.3) is 11.1 Å². The van der Waals surface area contributed by atoms with Crippen molar-refractivity contribution in [1.29, 1.82) is 0 Å². The Balaban J connectivity index is 0.963. The number of benzene rings is 2. The maximum atomic E-state index is 11.6. The van der Waals surface area contributed by atoms with Crippen molar-refractivity contribution >= 4 is 34.3 Å². The van der Waals surface area contributed by atoms with E-state index in [2.05, 4.69) is 25.0 Å². The van der Waals surface area contributed by atoms with Crippen LogP contribution in [0.15, 0.2) is 65.4 Å². The summed E-state index contributed by atoms with van der Waals surface area (Å²) in [6.07, 6.45) is 2.71. The predicted octanol–water partition coefficient (Wildman–Crippen LogP) is 3.67. The van der Waals surface area contributed by atoms with Crippen molar-refractivity contribution in [2.45, 2.75) is 25.3 Å². The number of hydrogen-bond acceptors (Lipinski definition) is 10. The van der Waals surface area contributed by atoms with E-state index >= 15 is 0 Å². The van der Waals surface area contributed by atoms with E-state index in [0.717, 1.165) is 86.2 Å². The zero-order valence-electron chi connectivity index (χ0n) is 22.6. The van der Waals surface area contributed by atoms with Crippen LogP contribution in [0.5, 0.6) is 5.88 Å². The number of rotatable bonds is 9. The molecule has 3 aliphatic rings. The van der Waals surface area contributed by atoms with Crippen LogP contribution in [0.3, 0.4) is 0 Å². The van der Waals surface area contributed by atoms with Crippen molar-refractivity contribution in [3.8, 4) is 5.88 Å². The second-order valence-corrected chi connectivity index (χ2v) is 10.7. The third kappa shape index (κ3) is 5.38. The molecule has 2 N–H and O–H groups in total. The van der Waals surface area contributed by atoms with Crippen molar-refractivity contribution < 1.29 is 23.8 Å². The van der Waals surface area contributed by atoms with E-state index in [1.807, 2.05) is 42.5 Å². The summed E-state index contributed by atoms with van der Waals surface area (Å²) in [4.78, 5) is 27.5. The Morgan fingerprint density at radius 1 is 1.07 bits per heavy atom. The number of carbonyl (C=O) groups is 1. The molecule has 7 rings (SSSR count). The molecular formula is C30H32N6O5. The van der Waals surface area contributed by atoms with E-state index in [1.54, 1.807) is 12.1 Å². The van der Waals surface area contributed by atoms with E-state index in [4.69, 9.17) is 18.9 Å². The summed E-state index contributed by atoms with van der Waals surface area (Å²) < 4.78 is 17.1. The van der Waals surface area contributed by atoms with Gasteiger partial charge >= 0.3 is 5.97 Å². The van der Waals surface area contributed by atoms with Gasteiger partial charge in [0, 0.05) is 51.9 Å². The molecule has 0 amide bonds. The van der Waals surface area contributed by atoms with Gasteiger partial charge in [-0.15, -0.1) is 0 Å². The molecule has 0 radical (unpaired) electrons. The first kappa shape index (κ1) is 25.6. The van der Waals surface area contributed by atoms with Crippen LogP contribution in [0.2, 0.25) is 0 Å². The van der Waals surface area contributed by atoms with Crippen LogP contribution in [0.1, 0.15) is 22.3 Å². The molecule has 2 aromatic heterocycles. The Morgan fingerprint density at radius 3 is 2.76 bits per heavy atom. The molecule has 2 atom stereocenters. The van der Waals surface area contributed by atoms with Crippen molar-refractivity contribution in [3.05, 3.63) is 72.1 Å². The molecule has 4 aromatic rings. The Labute approximate surface area is 237 Å². The van der Waals surface area contributed by atoms with Crippen LogP contribution in [0.4, 0.5) is 17.2 Å². The molecule has 0 saturated carbocycles. The van der Waals surface area contributed by atoms with E-state index in [-0.39, 0.29) is 12.3 Å². The summed E-state index contributed by atoms with van der Waals surface area (Å²) in [5, 5.41) is 13.1. The third-order valence-electron chi connectivity index (χ3n) is 8.06. The summed E-state index contributed by atoms with van der Waals surface area (Å²) in [5.74, 6) is 0.581. The van der Waals surface area contributed by atoms with Gasteiger partial charge < -0.3 is 34.1 Å². The zero-order chi connectivity index (χ0) is 27.8. The number of aromatic nitrogens is 2. The number of carboxylic acids is 1. The molecule has 3 aliphatic heterocycles. The van der Waals surface area contributed by atoms with Gasteiger partial charge in [0.15, 0.2) is 12.0 Å². The van der Waals surface area contributed by atoms with Crippen LogP contribution < -0.4 is 19.9 Å². The molecule has 2 saturated heterocycles. The van der Waals surface area contributed by atoms with Gasteiger partial charge in [0.2, 0.25) is 5.88 Å². The molecule has 11 nitrogen and oxygen atoms in total. The number of nitrogens with one attached hydrogen (secondary N) is 1. The molecule has 212 valence electrons. The summed E-state index contributed by atoms with van der Waals surface area (Å²) >= 11 is 0. The van der Waals surface area contributed by atoms with Gasteiger partial charge in [-0.1, -0.05) is 12.1 Å². The number of nitrogens with zero attached hydrogens (tertiary/aromatic N) is 5. The first-order valence-electron chi connectivity index (χ1n) is 14.0. The zero-order valence-corrected chi connectivity index (χ0v) is 22.6. The van der Waals surface area contributed by atoms with E-state index in [9.17, 15) is 9.90 Å². The molecule has 2 unspecified atom stereocenters. The number of ether oxygens (including phenoxy) is 2. The van der Waals surface area contributed by atoms with E-state index in [0.29, 0.717) is 18.1 Å². The Morgan fingerprint density at radius 2 is 1.95 bits per heavy atom. The van der Waals surface area contributed by atoms with Crippen LogP contribution >= 0.6 is 0 Å². The minimum Gasteiger partial charge on any atom is -0.478 e. The maximum Gasteiger partial charge on any atom is 0.335 e. The highest BCUT2D eigenvalue weighted by Gasteiger charge is 2.34. The molecule has 5 heterocycles. The average Bonchev–Trinajstić information content (AvgIpc) is 3.57. The van der Waals surface area contributed by atoms with E-state index < -0.39 is 5.97 Å².